The number of benzene rings is 1. The molecule has 2 aromatic rings. The van der Waals surface area contributed by atoms with Crippen LogP contribution in [0.4, 0.5) is 8.78 Å². The van der Waals surface area contributed by atoms with Crippen molar-refractivity contribution in [2.75, 3.05) is 7.11 Å². The molecule has 6 heteroatoms. The first-order valence-corrected chi connectivity index (χ1v) is 5.47. The molecule has 2 rings (SSSR count). The van der Waals surface area contributed by atoms with Crippen LogP contribution in [0.3, 0.4) is 0 Å². The van der Waals surface area contributed by atoms with Gasteiger partial charge in [-0.3, -0.25) is 0 Å². The maximum Gasteiger partial charge on any atom is 0.343 e. The number of hydrogen-bond acceptors (Lipinski definition) is 2. The number of rotatable bonds is 2. The van der Waals surface area contributed by atoms with Crippen LogP contribution in [0.5, 0.6) is 0 Å². The second kappa shape index (κ2) is 5.93. The summed E-state index contributed by atoms with van der Waals surface area (Å²) in [6, 6.07) is 3.67. The van der Waals surface area contributed by atoms with Crippen molar-refractivity contribution in [3.05, 3.63) is 41.6 Å². The van der Waals surface area contributed by atoms with E-state index in [-0.39, 0.29) is 12.4 Å². The lowest BCUT2D eigenvalue weighted by Crippen LogP contribution is -3.00. The highest BCUT2D eigenvalue weighted by Gasteiger charge is 2.17. The molecule has 0 atom stereocenters. The van der Waals surface area contributed by atoms with E-state index in [9.17, 15) is 13.6 Å². The Morgan fingerprint density at radius 1 is 1.26 bits per heavy atom. The van der Waals surface area contributed by atoms with Crippen molar-refractivity contribution < 1.29 is 35.3 Å². The molecular formula is C13H12ClF2NO2. The molecule has 19 heavy (non-hydrogen) atoms. The van der Waals surface area contributed by atoms with Crippen LogP contribution < -0.4 is 17.0 Å². The molecule has 0 N–H and O–H groups in total. The van der Waals surface area contributed by atoms with E-state index in [0.717, 1.165) is 12.1 Å². The average Bonchev–Trinajstić information content (AvgIpc) is 2.38. The zero-order valence-corrected chi connectivity index (χ0v) is 11.2. The minimum Gasteiger partial charge on any atom is -1.00 e. The SMILES string of the molecule is CC[n+]1cc(C(=O)OC)cc2cc(F)c(F)cc21.[Cl-]. The number of carbonyl (C=O) groups excluding carboxylic acids is 1. The van der Waals surface area contributed by atoms with Gasteiger partial charge in [0.15, 0.2) is 17.8 Å². The molecule has 1 aromatic carbocycles. The first-order valence-electron chi connectivity index (χ1n) is 5.47. The molecule has 0 aliphatic heterocycles. The summed E-state index contributed by atoms with van der Waals surface area (Å²) in [4.78, 5) is 11.5. The summed E-state index contributed by atoms with van der Waals surface area (Å²) < 4.78 is 32.7. The topological polar surface area (TPSA) is 30.2 Å². The summed E-state index contributed by atoms with van der Waals surface area (Å²) in [7, 11) is 1.27. The molecule has 0 aliphatic carbocycles. The molecule has 0 radical (unpaired) electrons. The second-order valence-electron chi connectivity index (χ2n) is 3.83. The van der Waals surface area contributed by atoms with Gasteiger partial charge in [0.2, 0.25) is 5.52 Å². The van der Waals surface area contributed by atoms with Gasteiger partial charge in [0.1, 0.15) is 12.1 Å². The molecule has 0 bridgehead atoms. The van der Waals surface area contributed by atoms with Gasteiger partial charge in [-0.1, -0.05) is 0 Å². The van der Waals surface area contributed by atoms with Gasteiger partial charge in [-0.15, -0.1) is 0 Å². The van der Waals surface area contributed by atoms with Gasteiger partial charge in [-0.05, 0) is 19.1 Å². The van der Waals surface area contributed by atoms with Gasteiger partial charge in [-0.25, -0.2) is 13.6 Å². The minimum absolute atomic E-state index is 0. The number of hydrogen-bond donors (Lipinski definition) is 0. The first-order chi connectivity index (χ1) is 8.56. The standard InChI is InChI=1S/C13H12F2NO2.ClH/c1-3-16-7-9(13(17)18-2)4-8-5-10(14)11(15)6-12(8)16;/h4-7H,3H2,1-2H3;1H/q+1;/p-1. The van der Waals surface area contributed by atoms with E-state index >= 15 is 0 Å². The van der Waals surface area contributed by atoms with E-state index in [4.69, 9.17) is 0 Å². The van der Waals surface area contributed by atoms with Crippen LogP contribution in [-0.2, 0) is 11.3 Å². The van der Waals surface area contributed by atoms with Crippen LogP contribution in [0.2, 0.25) is 0 Å². The Balaban J connectivity index is 0.00000180. The Hall–Kier alpha value is -1.75. The maximum atomic E-state index is 13.2. The van der Waals surface area contributed by atoms with Crippen LogP contribution in [0.25, 0.3) is 10.9 Å². The summed E-state index contributed by atoms with van der Waals surface area (Å²) >= 11 is 0. The molecule has 0 aliphatic rings. The summed E-state index contributed by atoms with van der Waals surface area (Å²) in [5.41, 5.74) is 0.835. The molecule has 0 fully saturated rings. The van der Waals surface area contributed by atoms with Crippen molar-refractivity contribution in [2.45, 2.75) is 13.5 Å². The summed E-state index contributed by atoms with van der Waals surface area (Å²) in [6.45, 7) is 2.38. The summed E-state index contributed by atoms with van der Waals surface area (Å²) in [5, 5.41) is 0.457. The summed E-state index contributed by atoms with van der Waals surface area (Å²) in [5.74, 6) is -2.36. The van der Waals surface area contributed by atoms with Crippen molar-refractivity contribution in [3.63, 3.8) is 0 Å². The Labute approximate surface area is 115 Å². The molecule has 0 spiro atoms. The lowest BCUT2D eigenvalue weighted by Gasteiger charge is -2.03. The predicted molar refractivity (Wildman–Crippen MR) is 61.1 cm³/mol. The lowest BCUT2D eigenvalue weighted by atomic mass is 10.1. The number of nitrogens with zero attached hydrogens (tertiary/aromatic N) is 1. The van der Waals surface area contributed by atoms with Crippen LogP contribution in [0.15, 0.2) is 24.4 Å². The van der Waals surface area contributed by atoms with Gasteiger partial charge in [0.05, 0.1) is 12.5 Å². The van der Waals surface area contributed by atoms with Gasteiger partial charge in [0.25, 0.3) is 0 Å². The molecule has 0 saturated carbocycles. The fourth-order valence-corrected chi connectivity index (χ4v) is 1.85. The van der Waals surface area contributed by atoms with Crippen LogP contribution >= 0.6 is 0 Å². The number of methoxy groups -OCH3 is 1. The quantitative estimate of drug-likeness (QED) is 0.536. The Morgan fingerprint density at radius 3 is 2.47 bits per heavy atom. The van der Waals surface area contributed by atoms with Gasteiger partial charge in [-0.2, -0.15) is 4.57 Å². The van der Waals surface area contributed by atoms with E-state index in [2.05, 4.69) is 4.74 Å². The number of pyridine rings is 1. The number of fused-ring (bicyclic) bond motifs is 1. The second-order valence-corrected chi connectivity index (χ2v) is 3.83. The van der Waals surface area contributed by atoms with E-state index < -0.39 is 17.6 Å². The molecule has 1 aromatic heterocycles. The van der Waals surface area contributed by atoms with Gasteiger partial charge >= 0.3 is 5.97 Å². The molecule has 3 nitrogen and oxygen atoms in total. The Morgan fingerprint density at radius 2 is 1.89 bits per heavy atom. The van der Waals surface area contributed by atoms with Crippen molar-refractivity contribution >= 4 is 16.9 Å². The highest BCUT2D eigenvalue weighted by molar-refractivity contribution is 5.92. The fraction of sp³-hybridized carbons (Fsp3) is 0.231. The largest absolute Gasteiger partial charge is 1.00 e. The number of halogens is 3. The molecule has 0 unspecified atom stereocenters. The van der Waals surface area contributed by atoms with E-state index in [1.807, 2.05) is 6.92 Å². The zero-order valence-electron chi connectivity index (χ0n) is 10.4. The normalized spacial score (nSPS) is 10.1. The highest BCUT2D eigenvalue weighted by atomic mass is 35.5. The molecular weight excluding hydrogens is 276 g/mol. The van der Waals surface area contributed by atoms with Crippen molar-refractivity contribution in [3.8, 4) is 0 Å². The number of carbonyl (C=O) groups is 1. The van der Waals surface area contributed by atoms with Gasteiger partial charge in [0, 0.05) is 6.07 Å². The third kappa shape index (κ3) is 2.81. The van der Waals surface area contributed by atoms with Gasteiger partial charge < -0.3 is 17.1 Å². The van der Waals surface area contributed by atoms with Crippen LogP contribution in [0, 0.1) is 11.6 Å². The maximum absolute atomic E-state index is 13.2. The minimum atomic E-state index is -0.938. The first kappa shape index (κ1) is 15.3. The third-order valence-corrected chi connectivity index (χ3v) is 2.75. The number of aryl methyl sites for hydroxylation is 1. The average molecular weight is 288 g/mol. The van der Waals surface area contributed by atoms with E-state index in [0.29, 0.717) is 23.0 Å². The lowest BCUT2D eigenvalue weighted by molar-refractivity contribution is -0.668. The smallest absolute Gasteiger partial charge is 0.343 e. The monoisotopic (exact) mass is 287 g/mol. The number of ether oxygens (including phenoxy) is 1. The van der Waals surface area contributed by atoms with Crippen LogP contribution in [-0.4, -0.2) is 13.1 Å². The van der Waals surface area contributed by atoms with E-state index in [1.165, 1.54) is 13.2 Å². The Bertz CT molecular complexity index is 632. The van der Waals surface area contributed by atoms with Crippen LogP contribution in [0.1, 0.15) is 17.3 Å². The number of aromatic nitrogens is 1. The predicted octanol–water partition coefficient (Wildman–Crippen LogP) is -0.784. The molecule has 102 valence electrons. The van der Waals surface area contributed by atoms with E-state index in [1.54, 1.807) is 10.8 Å². The van der Waals surface area contributed by atoms with Crippen molar-refractivity contribution in [1.29, 1.82) is 0 Å². The molecule has 1 heterocycles. The summed E-state index contributed by atoms with van der Waals surface area (Å²) in [6.07, 6.45) is 1.56. The molecule has 0 amide bonds. The van der Waals surface area contributed by atoms with Crippen molar-refractivity contribution in [2.24, 2.45) is 0 Å². The Kier molecular flexibility index (Phi) is 4.78. The highest BCUT2D eigenvalue weighted by Crippen LogP contribution is 2.17. The third-order valence-electron chi connectivity index (χ3n) is 2.75. The molecule has 0 saturated heterocycles. The fourth-order valence-electron chi connectivity index (χ4n) is 1.85. The van der Waals surface area contributed by atoms with Crippen molar-refractivity contribution in [1.82, 2.24) is 0 Å². The number of esters is 1. The zero-order chi connectivity index (χ0) is 13.3.